The van der Waals surface area contributed by atoms with Crippen LogP contribution in [0.4, 0.5) is 4.39 Å². The number of halogens is 1. The molecule has 1 aromatic carbocycles. The number of rotatable bonds is 3. The SMILES string of the molecule is O=C(O)c1c[nH]c2ncc(Oc3ccccc3F)nc12. The van der Waals surface area contributed by atoms with Gasteiger partial charge in [0.2, 0.25) is 5.88 Å². The van der Waals surface area contributed by atoms with Gasteiger partial charge in [-0.2, -0.15) is 0 Å². The molecule has 6 nitrogen and oxygen atoms in total. The third-order valence-corrected chi connectivity index (χ3v) is 2.64. The van der Waals surface area contributed by atoms with Gasteiger partial charge in [0, 0.05) is 6.20 Å². The summed E-state index contributed by atoms with van der Waals surface area (Å²) < 4.78 is 18.7. The highest BCUT2D eigenvalue weighted by atomic mass is 19.1. The van der Waals surface area contributed by atoms with Crippen LogP contribution in [0, 0.1) is 5.82 Å². The molecule has 0 unspecified atom stereocenters. The first-order valence-electron chi connectivity index (χ1n) is 5.65. The largest absolute Gasteiger partial charge is 0.478 e. The highest BCUT2D eigenvalue weighted by molar-refractivity contribution is 6.00. The summed E-state index contributed by atoms with van der Waals surface area (Å²) in [5.74, 6) is -1.66. The Bertz CT molecular complexity index is 800. The molecule has 2 N–H and O–H groups in total. The van der Waals surface area contributed by atoms with E-state index in [1.807, 2.05) is 0 Å². The predicted octanol–water partition coefficient (Wildman–Crippen LogP) is 2.59. The van der Waals surface area contributed by atoms with Crippen LogP contribution in [-0.2, 0) is 0 Å². The Balaban J connectivity index is 2.02. The molecular formula is C13H8FN3O3. The predicted molar refractivity (Wildman–Crippen MR) is 67.3 cm³/mol. The fraction of sp³-hybridized carbons (Fsp3) is 0. The van der Waals surface area contributed by atoms with Crippen LogP contribution in [0.25, 0.3) is 11.2 Å². The molecule has 0 fully saturated rings. The van der Waals surface area contributed by atoms with Crippen LogP contribution in [0.15, 0.2) is 36.7 Å². The van der Waals surface area contributed by atoms with Gasteiger partial charge in [-0.15, -0.1) is 0 Å². The molecule has 0 bridgehead atoms. The van der Waals surface area contributed by atoms with Crippen LogP contribution in [0.2, 0.25) is 0 Å². The molecule has 0 saturated heterocycles. The number of ether oxygens (including phenoxy) is 1. The third kappa shape index (κ3) is 2.05. The minimum absolute atomic E-state index is 0.00596. The maximum absolute atomic E-state index is 13.5. The van der Waals surface area contributed by atoms with Gasteiger partial charge in [0.25, 0.3) is 0 Å². The Morgan fingerprint density at radius 3 is 2.90 bits per heavy atom. The molecule has 0 radical (unpaired) electrons. The summed E-state index contributed by atoms with van der Waals surface area (Å²) in [6.45, 7) is 0. The van der Waals surface area contributed by atoms with Crippen LogP contribution in [0.5, 0.6) is 11.6 Å². The van der Waals surface area contributed by atoms with Gasteiger partial charge in [0.1, 0.15) is 11.1 Å². The van der Waals surface area contributed by atoms with Crippen molar-refractivity contribution in [2.75, 3.05) is 0 Å². The number of para-hydroxylation sites is 1. The summed E-state index contributed by atoms with van der Waals surface area (Å²) >= 11 is 0. The molecule has 3 rings (SSSR count). The van der Waals surface area contributed by atoms with Crippen molar-refractivity contribution in [1.29, 1.82) is 0 Å². The second kappa shape index (κ2) is 4.61. The zero-order valence-electron chi connectivity index (χ0n) is 10.0. The van der Waals surface area contributed by atoms with Gasteiger partial charge in [0.05, 0.1) is 6.20 Å². The second-order valence-corrected chi connectivity index (χ2v) is 3.95. The van der Waals surface area contributed by atoms with E-state index in [-0.39, 0.29) is 22.7 Å². The first kappa shape index (κ1) is 12.1. The average Bonchev–Trinajstić information content (AvgIpc) is 2.84. The molecule has 3 aromatic rings. The molecule has 2 aromatic heterocycles. The smallest absolute Gasteiger partial charge is 0.339 e. The van der Waals surface area contributed by atoms with E-state index in [1.165, 1.54) is 30.6 Å². The molecule has 0 aliphatic rings. The topological polar surface area (TPSA) is 88.1 Å². The average molecular weight is 273 g/mol. The minimum Gasteiger partial charge on any atom is -0.478 e. The number of aromatic carboxylic acids is 1. The summed E-state index contributed by atoms with van der Waals surface area (Å²) in [6.07, 6.45) is 2.58. The number of H-pyrrole nitrogens is 1. The van der Waals surface area contributed by atoms with Crippen LogP contribution >= 0.6 is 0 Å². The Morgan fingerprint density at radius 1 is 1.35 bits per heavy atom. The van der Waals surface area contributed by atoms with Gasteiger partial charge in [-0.1, -0.05) is 12.1 Å². The number of carboxylic acid groups (broad SMARTS) is 1. The Labute approximate surface area is 111 Å². The lowest BCUT2D eigenvalue weighted by atomic mass is 10.3. The number of aromatic nitrogens is 3. The second-order valence-electron chi connectivity index (χ2n) is 3.95. The van der Waals surface area contributed by atoms with Gasteiger partial charge in [-0.05, 0) is 12.1 Å². The van der Waals surface area contributed by atoms with E-state index in [1.54, 1.807) is 6.07 Å². The van der Waals surface area contributed by atoms with E-state index in [2.05, 4.69) is 15.0 Å². The van der Waals surface area contributed by atoms with Crippen molar-refractivity contribution < 1.29 is 19.0 Å². The van der Waals surface area contributed by atoms with E-state index >= 15 is 0 Å². The van der Waals surface area contributed by atoms with Gasteiger partial charge in [0.15, 0.2) is 17.2 Å². The minimum atomic E-state index is -1.13. The molecule has 0 amide bonds. The molecule has 0 aliphatic carbocycles. The molecule has 0 aliphatic heterocycles. The summed E-state index contributed by atoms with van der Waals surface area (Å²) in [4.78, 5) is 21.7. The Kier molecular flexibility index (Phi) is 2.79. The van der Waals surface area contributed by atoms with E-state index < -0.39 is 11.8 Å². The summed E-state index contributed by atoms with van der Waals surface area (Å²) in [6, 6.07) is 5.84. The normalized spacial score (nSPS) is 10.7. The molecular weight excluding hydrogens is 265 g/mol. The number of hydrogen-bond donors (Lipinski definition) is 2. The standard InChI is InChI=1S/C13H8FN3O3/c14-8-3-1-2-4-9(8)20-10-6-16-12-11(17-10)7(5-15-12)13(18)19/h1-6H,(H,15,16)(H,18,19). The first-order chi connectivity index (χ1) is 9.65. The molecule has 0 spiro atoms. The van der Waals surface area contributed by atoms with E-state index in [9.17, 15) is 9.18 Å². The molecule has 0 saturated carbocycles. The molecule has 7 heteroatoms. The van der Waals surface area contributed by atoms with E-state index in [0.29, 0.717) is 5.65 Å². The van der Waals surface area contributed by atoms with E-state index in [0.717, 1.165) is 0 Å². The first-order valence-corrected chi connectivity index (χ1v) is 5.65. The Hall–Kier alpha value is -2.96. The molecule has 0 atom stereocenters. The van der Waals surface area contributed by atoms with Crippen molar-refractivity contribution in [3.63, 3.8) is 0 Å². The molecule has 20 heavy (non-hydrogen) atoms. The fourth-order valence-electron chi connectivity index (χ4n) is 1.73. The Morgan fingerprint density at radius 2 is 2.15 bits per heavy atom. The zero-order valence-corrected chi connectivity index (χ0v) is 10.0. The van der Waals surface area contributed by atoms with Gasteiger partial charge >= 0.3 is 5.97 Å². The van der Waals surface area contributed by atoms with Crippen molar-refractivity contribution in [1.82, 2.24) is 15.0 Å². The van der Waals surface area contributed by atoms with Crippen molar-refractivity contribution >= 4 is 17.1 Å². The van der Waals surface area contributed by atoms with Crippen molar-refractivity contribution in [2.45, 2.75) is 0 Å². The number of nitrogens with one attached hydrogen (secondary N) is 1. The van der Waals surface area contributed by atoms with Crippen molar-refractivity contribution in [3.8, 4) is 11.6 Å². The van der Waals surface area contributed by atoms with Crippen LogP contribution in [0.1, 0.15) is 10.4 Å². The quantitative estimate of drug-likeness (QED) is 0.765. The maximum atomic E-state index is 13.5. The number of fused-ring (bicyclic) bond motifs is 1. The lowest BCUT2D eigenvalue weighted by molar-refractivity contribution is 0.0699. The van der Waals surface area contributed by atoms with Crippen molar-refractivity contribution in [2.24, 2.45) is 0 Å². The number of aromatic amines is 1. The lowest BCUT2D eigenvalue weighted by Gasteiger charge is -2.05. The number of hydrogen-bond acceptors (Lipinski definition) is 4. The number of benzene rings is 1. The lowest BCUT2D eigenvalue weighted by Crippen LogP contribution is -1.97. The molecule has 100 valence electrons. The van der Waals surface area contributed by atoms with Crippen molar-refractivity contribution in [3.05, 3.63) is 48.0 Å². The van der Waals surface area contributed by atoms with Crippen LogP contribution in [-0.4, -0.2) is 26.0 Å². The molecule has 2 heterocycles. The fourth-order valence-corrected chi connectivity index (χ4v) is 1.73. The highest BCUT2D eigenvalue weighted by Crippen LogP contribution is 2.24. The van der Waals surface area contributed by atoms with E-state index in [4.69, 9.17) is 9.84 Å². The van der Waals surface area contributed by atoms with Crippen LogP contribution < -0.4 is 4.74 Å². The maximum Gasteiger partial charge on any atom is 0.339 e. The highest BCUT2D eigenvalue weighted by Gasteiger charge is 2.14. The monoisotopic (exact) mass is 273 g/mol. The van der Waals surface area contributed by atoms with Crippen LogP contribution in [0.3, 0.4) is 0 Å². The van der Waals surface area contributed by atoms with Gasteiger partial charge < -0.3 is 14.8 Å². The summed E-state index contributed by atoms with van der Waals surface area (Å²) in [7, 11) is 0. The summed E-state index contributed by atoms with van der Waals surface area (Å²) in [5, 5.41) is 9.01. The number of carboxylic acids is 1. The third-order valence-electron chi connectivity index (χ3n) is 2.64. The zero-order chi connectivity index (χ0) is 14.1. The van der Waals surface area contributed by atoms with Gasteiger partial charge in [-0.3, -0.25) is 0 Å². The van der Waals surface area contributed by atoms with Gasteiger partial charge in [-0.25, -0.2) is 19.2 Å². The number of carbonyl (C=O) groups is 1. The summed E-state index contributed by atoms with van der Waals surface area (Å²) in [5.41, 5.74) is 0.459. The number of nitrogens with zero attached hydrogens (tertiary/aromatic N) is 2.